The maximum atomic E-state index is 11.7. The van der Waals surface area contributed by atoms with Gasteiger partial charge < -0.3 is 10.6 Å². The molecule has 0 aromatic carbocycles. The van der Waals surface area contributed by atoms with E-state index in [1.165, 1.54) is 19.3 Å². The highest BCUT2D eigenvalue weighted by Gasteiger charge is 2.17. The molecule has 6 heteroatoms. The van der Waals surface area contributed by atoms with E-state index >= 15 is 0 Å². The van der Waals surface area contributed by atoms with Gasteiger partial charge in [-0.2, -0.15) is 0 Å². The first-order valence-corrected chi connectivity index (χ1v) is 9.12. The van der Waals surface area contributed by atoms with Crippen molar-refractivity contribution >= 4 is 10.0 Å². The fourth-order valence-corrected chi connectivity index (χ4v) is 3.69. The number of sulfonamides is 1. The summed E-state index contributed by atoms with van der Waals surface area (Å²) in [5, 5.41) is 0. The van der Waals surface area contributed by atoms with E-state index in [2.05, 4.69) is 16.5 Å². The lowest BCUT2D eigenvalue weighted by atomic mass is 10.0. The minimum Gasteiger partial charge on any atom is -0.330 e. The molecule has 1 saturated heterocycles. The van der Waals surface area contributed by atoms with Crippen molar-refractivity contribution in [3.63, 3.8) is 0 Å². The number of unbranched alkanes of at least 4 members (excludes halogenated alkanes) is 1. The third kappa shape index (κ3) is 7.25. The van der Waals surface area contributed by atoms with Crippen molar-refractivity contribution in [3.8, 4) is 0 Å². The van der Waals surface area contributed by atoms with Crippen LogP contribution in [0.3, 0.4) is 0 Å². The Kier molecular flexibility index (Phi) is 7.90. The van der Waals surface area contributed by atoms with Gasteiger partial charge in [-0.25, -0.2) is 13.1 Å². The molecule has 0 aromatic heterocycles. The first-order chi connectivity index (χ1) is 9.05. The fraction of sp³-hybridized carbons (Fsp3) is 1.00. The van der Waals surface area contributed by atoms with Crippen molar-refractivity contribution in [1.82, 2.24) is 9.62 Å². The molecule has 0 amide bonds. The average molecular weight is 291 g/mol. The monoisotopic (exact) mass is 291 g/mol. The van der Waals surface area contributed by atoms with Gasteiger partial charge >= 0.3 is 0 Å². The number of nitrogens with zero attached hydrogens (tertiary/aromatic N) is 1. The Bertz CT molecular complexity index is 333. The van der Waals surface area contributed by atoms with E-state index in [1.54, 1.807) is 0 Å². The number of hydrogen-bond donors (Lipinski definition) is 2. The Balaban J connectivity index is 2.12. The number of piperidine rings is 1. The Morgan fingerprint density at radius 2 is 2.05 bits per heavy atom. The maximum absolute atomic E-state index is 11.7. The largest absolute Gasteiger partial charge is 0.330 e. The van der Waals surface area contributed by atoms with Gasteiger partial charge in [0.25, 0.3) is 0 Å². The third-order valence-corrected chi connectivity index (χ3v) is 5.22. The van der Waals surface area contributed by atoms with Crippen molar-refractivity contribution in [2.24, 2.45) is 5.73 Å². The summed E-state index contributed by atoms with van der Waals surface area (Å²) in [6.45, 7) is 5.52. The predicted molar refractivity (Wildman–Crippen MR) is 79.6 cm³/mol. The second-order valence-corrected chi connectivity index (χ2v) is 7.37. The molecule has 1 fully saturated rings. The molecule has 0 saturated carbocycles. The van der Waals surface area contributed by atoms with Crippen LogP contribution in [0.15, 0.2) is 0 Å². The van der Waals surface area contributed by atoms with Crippen LogP contribution >= 0.6 is 0 Å². The molecule has 1 aliphatic rings. The van der Waals surface area contributed by atoms with E-state index in [0.29, 0.717) is 25.6 Å². The number of likely N-dealkylation sites (tertiary alicyclic amines) is 1. The van der Waals surface area contributed by atoms with E-state index in [9.17, 15) is 8.42 Å². The maximum Gasteiger partial charge on any atom is 0.211 e. The second kappa shape index (κ2) is 8.89. The minimum absolute atomic E-state index is 0.199. The topological polar surface area (TPSA) is 75.4 Å². The summed E-state index contributed by atoms with van der Waals surface area (Å²) >= 11 is 0. The summed E-state index contributed by atoms with van der Waals surface area (Å²) in [6, 6.07) is 0.648. The Morgan fingerprint density at radius 1 is 1.26 bits per heavy atom. The molecule has 0 spiro atoms. The van der Waals surface area contributed by atoms with Gasteiger partial charge in [0.1, 0.15) is 0 Å². The number of rotatable bonds is 9. The molecule has 0 aromatic rings. The van der Waals surface area contributed by atoms with E-state index in [-0.39, 0.29) is 5.75 Å². The van der Waals surface area contributed by atoms with Crippen LogP contribution in [0.2, 0.25) is 0 Å². The highest BCUT2D eigenvalue weighted by Crippen LogP contribution is 2.16. The van der Waals surface area contributed by atoms with Crippen molar-refractivity contribution in [2.75, 3.05) is 31.9 Å². The summed E-state index contributed by atoms with van der Waals surface area (Å²) in [7, 11) is -3.09. The van der Waals surface area contributed by atoms with Gasteiger partial charge in [0.2, 0.25) is 10.0 Å². The van der Waals surface area contributed by atoms with Crippen LogP contribution in [0.4, 0.5) is 0 Å². The molecule has 1 aliphatic heterocycles. The molecule has 0 aliphatic carbocycles. The number of nitrogens with one attached hydrogen (secondary N) is 1. The van der Waals surface area contributed by atoms with E-state index < -0.39 is 10.0 Å². The zero-order valence-electron chi connectivity index (χ0n) is 12.1. The van der Waals surface area contributed by atoms with Crippen LogP contribution in [0.1, 0.15) is 45.4 Å². The molecular formula is C13H29N3O2S. The lowest BCUT2D eigenvalue weighted by molar-refractivity contribution is 0.159. The van der Waals surface area contributed by atoms with Crippen molar-refractivity contribution in [3.05, 3.63) is 0 Å². The summed E-state index contributed by atoms with van der Waals surface area (Å²) in [4.78, 5) is 2.46. The first kappa shape index (κ1) is 16.9. The SMILES string of the molecule is CC1CCCCN1CCCNS(=O)(=O)CCCCN. The standard InChI is InChI=1S/C13H29N3O2S/c1-13-7-2-4-10-16(13)11-6-9-15-19(17,18)12-5-3-8-14/h13,15H,2-12,14H2,1H3. The lowest BCUT2D eigenvalue weighted by Gasteiger charge is -2.33. The molecule has 5 nitrogen and oxygen atoms in total. The first-order valence-electron chi connectivity index (χ1n) is 7.46. The van der Waals surface area contributed by atoms with Gasteiger partial charge in [-0.3, -0.25) is 0 Å². The summed E-state index contributed by atoms with van der Waals surface area (Å²) in [6.07, 6.45) is 6.17. The van der Waals surface area contributed by atoms with Crippen LogP contribution in [-0.4, -0.2) is 51.3 Å². The Morgan fingerprint density at radius 3 is 2.74 bits per heavy atom. The van der Waals surface area contributed by atoms with Gasteiger partial charge in [0, 0.05) is 12.6 Å². The van der Waals surface area contributed by atoms with Crippen molar-refractivity contribution in [1.29, 1.82) is 0 Å². The van der Waals surface area contributed by atoms with Gasteiger partial charge in [-0.05, 0) is 58.7 Å². The normalized spacial score (nSPS) is 21.7. The highest BCUT2D eigenvalue weighted by molar-refractivity contribution is 7.89. The molecule has 0 bridgehead atoms. The molecule has 0 radical (unpaired) electrons. The van der Waals surface area contributed by atoms with Crippen LogP contribution in [0.25, 0.3) is 0 Å². The van der Waals surface area contributed by atoms with Crippen LogP contribution < -0.4 is 10.5 Å². The molecule has 114 valence electrons. The molecule has 1 rings (SSSR count). The Labute approximate surface area is 118 Å². The van der Waals surface area contributed by atoms with Crippen LogP contribution in [0.5, 0.6) is 0 Å². The van der Waals surface area contributed by atoms with E-state index in [0.717, 1.165) is 25.9 Å². The Hall–Kier alpha value is -0.170. The van der Waals surface area contributed by atoms with Gasteiger partial charge in [0.15, 0.2) is 0 Å². The zero-order chi connectivity index (χ0) is 14.1. The third-order valence-electron chi connectivity index (χ3n) is 3.75. The molecule has 3 N–H and O–H groups in total. The lowest BCUT2D eigenvalue weighted by Crippen LogP contribution is -2.39. The molecule has 1 unspecified atom stereocenters. The molecule has 1 heterocycles. The van der Waals surface area contributed by atoms with E-state index in [4.69, 9.17) is 5.73 Å². The summed E-state index contributed by atoms with van der Waals surface area (Å²) in [5.74, 6) is 0.199. The van der Waals surface area contributed by atoms with Gasteiger partial charge in [-0.15, -0.1) is 0 Å². The second-order valence-electron chi connectivity index (χ2n) is 5.44. The number of nitrogens with two attached hydrogens (primary N) is 1. The molecular weight excluding hydrogens is 262 g/mol. The van der Waals surface area contributed by atoms with Crippen molar-refractivity contribution < 1.29 is 8.42 Å². The van der Waals surface area contributed by atoms with Gasteiger partial charge in [-0.1, -0.05) is 6.42 Å². The van der Waals surface area contributed by atoms with Crippen LogP contribution in [0, 0.1) is 0 Å². The van der Waals surface area contributed by atoms with Crippen LogP contribution in [-0.2, 0) is 10.0 Å². The minimum atomic E-state index is -3.09. The van der Waals surface area contributed by atoms with E-state index in [1.807, 2.05) is 0 Å². The average Bonchev–Trinajstić information content (AvgIpc) is 2.37. The molecule has 1 atom stereocenters. The molecule has 19 heavy (non-hydrogen) atoms. The quantitative estimate of drug-likeness (QED) is 0.619. The van der Waals surface area contributed by atoms with Gasteiger partial charge in [0.05, 0.1) is 5.75 Å². The summed E-state index contributed by atoms with van der Waals surface area (Å²) in [5.41, 5.74) is 5.35. The fourth-order valence-electron chi connectivity index (χ4n) is 2.51. The number of hydrogen-bond acceptors (Lipinski definition) is 4. The predicted octanol–water partition coefficient (Wildman–Crippen LogP) is 0.909. The zero-order valence-corrected chi connectivity index (χ0v) is 12.9. The highest BCUT2D eigenvalue weighted by atomic mass is 32.2. The summed E-state index contributed by atoms with van der Waals surface area (Å²) < 4.78 is 26.0. The van der Waals surface area contributed by atoms with Crippen molar-refractivity contribution in [2.45, 2.75) is 51.5 Å². The smallest absolute Gasteiger partial charge is 0.211 e.